The van der Waals surface area contributed by atoms with Gasteiger partial charge in [0, 0.05) is 18.3 Å². The van der Waals surface area contributed by atoms with Crippen molar-refractivity contribution in [2.45, 2.75) is 35.6 Å². The van der Waals surface area contributed by atoms with Gasteiger partial charge >= 0.3 is 5.97 Å². The predicted octanol–water partition coefficient (Wildman–Crippen LogP) is 6.50. The lowest BCUT2D eigenvalue weighted by molar-refractivity contribution is -0.134. The molecule has 0 aliphatic carbocycles. The van der Waals surface area contributed by atoms with Crippen LogP contribution in [0.5, 0.6) is 5.75 Å². The van der Waals surface area contributed by atoms with Gasteiger partial charge in [-0.2, -0.15) is 4.39 Å². The van der Waals surface area contributed by atoms with E-state index in [2.05, 4.69) is 40.5 Å². The summed E-state index contributed by atoms with van der Waals surface area (Å²) in [5, 5.41) is 8.78. The number of aliphatic carboxylic acids is 1. The SMILES string of the molecule is C/C=C/CCC1CN(c2ccccc2)c2cc(SC)c(O/C=C(\F)C(=O)O)cc2SN1C. The number of carbonyl (C=O) groups is 1. The van der Waals surface area contributed by atoms with Crippen molar-refractivity contribution in [3.05, 3.63) is 66.7 Å². The van der Waals surface area contributed by atoms with Gasteiger partial charge in [0.1, 0.15) is 12.0 Å². The van der Waals surface area contributed by atoms with Crippen molar-refractivity contribution in [2.24, 2.45) is 0 Å². The molecular weight excluding hydrogens is 447 g/mol. The summed E-state index contributed by atoms with van der Waals surface area (Å²) in [5.41, 5.74) is 2.14. The van der Waals surface area contributed by atoms with E-state index in [1.54, 1.807) is 11.9 Å². The predicted molar refractivity (Wildman–Crippen MR) is 131 cm³/mol. The van der Waals surface area contributed by atoms with Crippen LogP contribution < -0.4 is 9.64 Å². The van der Waals surface area contributed by atoms with Crippen LogP contribution in [-0.4, -0.2) is 41.3 Å². The third kappa shape index (κ3) is 5.88. The van der Waals surface area contributed by atoms with Crippen molar-refractivity contribution in [3.8, 4) is 5.75 Å². The van der Waals surface area contributed by atoms with Crippen LogP contribution in [0.3, 0.4) is 0 Å². The van der Waals surface area contributed by atoms with Crippen molar-refractivity contribution < 1.29 is 19.0 Å². The number of anilines is 2. The topological polar surface area (TPSA) is 53.0 Å². The maximum Gasteiger partial charge on any atom is 0.368 e. The number of para-hydroxylation sites is 1. The molecule has 32 heavy (non-hydrogen) atoms. The fourth-order valence-corrected chi connectivity index (χ4v) is 5.06. The normalized spacial score (nSPS) is 17.3. The fraction of sp³-hybridized carbons (Fsp3) is 0.292. The third-order valence-electron chi connectivity index (χ3n) is 5.15. The molecule has 0 bridgehead atoms. The Kier molecular flexibility index (Phi) is 8.67. The number of benzene rings is 2. The van der Waals surface area contributed by atoms with Crippen molar-refractivity contribution in [2.75, 3.05) is 24.7 Å². The van der Waals surface area contributed by atoms with Gasteiger partial charge < -0.3 is 14.7 Å². The number of hydrogen-bond donors (Lipinski definition) is 1. The first-order chi connectivity index (χ1) is 15.4. The minimum atomic E-state index is -1.65. The number of likely N-dealkylation sites (N-methyl/N-ethyl adjacent to an activating group) is 1. The number of ether oxygens (including phenoxy) is 1. The first-order valence-electron chi connectivity index (χ1n) is 10.3. The number of nitrogens with zero attached hydrogens (tertiary/aromatic N) is 2. The molecule has 0 spiro atoms. The van der Waals surface area contributed by atoms with E-state index in [-0.39, 0.29) is 0 Å². The molecule has 0 saturated heterocycles. The van der Waals surface area contributed by atoms with E-state index in [1.807, 2.05) is 43.5 Å². The second-order valence-corrected chi connectivity index (χ2v) is 9.29. The molecular formula is C24H27FN2O3S2. The van der Waals surface area contributed by atoms with E-state index >= 15 is 0 Å². The van der Waals surface area contributed by atoms with Gasteiger partial charge in [0.25, 0.3) is 0 Å². The molecule has 0 aromatic heterocycles. The molecule has 2 aromatic carbocycles. The highest BCUT2D eigenvalue weighted by Gasteiger charge is 2.28. The second-order valence-electron chi connectivity index (χ2n) is 7.24. The highest BCUT2D eigenvalue weighted by Crippen LogP contribution is 2.45. The second kappa shape index (κ2) is 11.4. The molecule has 1 aliphatic rings. The first-order valence-corrected chi connectivity index (χ1v) is 12.3. The Morgan fingerprint density at radius 2 is 2.09 bits per heavy atom. The number of halogens is 1. The van der Waals surface area contributed by atoms with E-state index in [1.165, 1.54) is 11.8 Å². The molecule has 1 atom stereocenters. The zero-order chi connectivity index (χ0) is 23.1. The third-order valence-corrected chi connectivity index (χ3v) is 7.02. The standard InChI is InChI=1S/C24H27FN2O3S2/c1-4-5-7-12-18-15-27(17-10-8-6-9-11-17)20-13-23(31-3)21(14-22(20)32-26(18)2)30-16-19(25)24(28)29/h4-6,8-11,13-14,16,18H,7,12,15H2,1-3H3,(H,28,29)/b5-4+,19-16-. The monoisotopic (exact) mass is 474 g/mol. The summed E-state index contributed by atoms with van der Waals surface area (Å²) in [5.74, 6) is -2.57. The van der Waals surface area contributed by atoms with E-state index in [4.69, 9.17) is 9.84 Å². The molecule has 0 saturated carbocycles. The van der Waals surface area contributed by atoms with Gasteiger partial charge in [-0.1, -0.05) is 30.4 Å². The summed E-state index contributed by atoms with van der Waals surface area (Å²) in [4.78, 5) is 14.9. The average Bonchev–Trinajstić information content (AvgIpc) is 2.93. The summed E-state index contributed by atoms with van der Waals surface area (Å²) in [6.07, 6.45) is 8.82. The molecule has 1 N–H and O–H groups in total. The molecule has 0 fully saturated rings. The Hall–Kier alpha value is -2.42. The summed E-state index contributed by atoms with van der Waals surface area (Å²) in [6, 6.07) is 14.4. The summed E-state index contributed by atoms with van der Waals surface area (Å²) >= 11 is 3.09. The number of hydrogen-bond acceptors (Lipinski definition) is 6. The molecule has 1 aliphatic heterocycles. The number of allylic oxidation sites excluding steroid dienone is 2. The average molecular weight is 475 g/mol. The van der Waals surface area contributed by atoms with Gasteiger partial charge in [-0.25, -0.2) is 9.10 Å². The Balaban J connectivity index is 2.04. The Labute approximate surface area is 197 Å². The smallest absolute Gasteiger partial charge is 0.368 e. The highest BCUT2D eigenvalue weighted by atomic mass is 32.2. The number of carboxylic acids is 1. The molecule has 5 nitrogen and oxygen atoms in total. The van der Waals surface area contributed by atoms with Crippen LogP contribution in [0, 0.1) is 0 Å². The lowest BCUT2D eigenvalue weighted by Gasteiger charge is -2.30. The first kappa shape index (κ1) is 24.2. The summed E-state index contributed by atoms with van der Waals surface area (Å²) < 4.78 is 21.2. The van der Waals surface area contributed by atoms with Gasteiger partial charge in [-0.3, -0.25) is 0 Å². The fourth-order valence-electron chi connectivity index (χ4n) is 3.47. The number of carboxylic acid groups (broad SMARTS) is 1. The zero-order valence-electron chi connectivity index (χ0n) is 18.3. The van der Waals surface area contributed by atoms with Gasteiger partial charge in [0.2, 0.25) is 5.83 Å². The van der Waals surface area contributed by atoms with Crippen LogP contribution in [0.1, 0.15) is 19.8 Å². The van der Waals surface area contributed by atoms with Crippen LogP contribution in [0.15, 0.2) is 76.5 Å². The zero-order valence-corrected chi connectivity index (χ0v) is 20.0. The Morgan fingerprint density at radius 1 is 1.34 bits per heavy atom. The van der Waals surface area contributed by atoms with Crippen LogP contribution in [0.4, 0.5) is 15.8 Å². The van der Waals surface area contributed by atoms with Crippen LogP contribution >= 0.6 is 23.7 Å². The van der Waals surface area contributed by atoms with Gasteiger partial charge in [-0.05, 0) is 69.3 Å². The lowest BCUT2D eigenvalue weighted by Crippen LogP contribution is -2.35. The Morgan fingerprint density at radius 3 is 2.75 bits per heavy atom. The van der Waals surface area contributed by atoms with Gasteiger partial charge in [-0.15, -0.1) is 11.8 Å². The maximum absolute atomic E-state index is 13.5. The maximum atomic E-state index is 13.5. The molecule has 0 amide bonds. The molecule has 3 rings (SSSR count). The molecule has 0 radical (unpaired) electrons. The molecule has 1 unspecified atom stereocenters. The van der Waals surface area contributed by atoms with Crippen molar-refractivity contribution in [1.82, 2.24) is 4.31 Å². The summed E-state index contributed by atoms with van der Waals surface area (Å²) in [7, 11) is 2.08. The molecule has 8 heteroatoms. The van der Waals surface area contributed by atoms with Crippen LogP contribution in [-0.2, 0) is 4.79 Å². The van der Waals surface area contributed by atoms with E-state index in [9.17, 15) is 9.18 Å². The largest absolute Gasteiger partial charge is 0.476 e. The Bertz CT molecular complexity index is 998. The molecule has 1 heterocycles. The van der Waals surface area contributed by atoms with Crippen molar-refractivity contribution in [3.63, 3.8) is 0 Å². The van der Waals surface area contributed by atoms with Gasteiger partial charge in [0.05, 0.1) is 15.5 Å². The number of thioether (sulfide) groups is 1. The molecule has 170 valence electrons. The minimum absolute atomic E-state index is 0.301. The highest BCUT2D eigenvalue weighted by molar-refractivity contribution is 7.98. The van der Waals surface area contributed by atoms with Crippen molar-refractivity contribution >= 4 is 41.1 Å². The minimum Gasteiger partial charge on any atom is -0.476 e. The van der Waals surface area contributed by atoms with Gasteiger partial charge in [0.15, 0.2) is 0 Å². The van der Waals surface area contributed by atoms with Crippen molar-refractivity contribution in [1.29, 1.82) is 0 Å². The van der Waals surface area contributed by atoms with E-state index < -0.39 is 11.8 Å². The van der Waals surface area contributed by atoms with Crippen LogP contribution in [0.25, 0.3) is 0 Å². The van der Waals surface area contributed by atoms with E-state index in [0.717, 1.165) is 40.6 Å². The number of fused-ring (bicyclic) bond motifs is 1. The molecule has 2 aromatic rings. The van der Waals surface area contributed by atoms with E-state index in [0.29, 0.717) is 18.1 Å². The lowest BCUT2D eigenvalue weighted by atomic mass is 10.1. The number of rotatable bonds is 8. The quantitative estimate of drug-likeness (QED) is 0.154. The van der Waals surface area contributed by atoms with Crippen LogP contribution in [0.2, 0.25) is 0 Å². The summed E-state index contributed by atoms with van der Waals surface area (Å²) in [6.45, 7) is 2.85.